The van der Waals surface area contributed by atoms with Crippen LogP contribution >= 0.6 is 0 Å². The normalized spacial score (nSPS) is 15.7. The maximum atomic E-state index is 14.0. The number of hydrogen-bond acceptors (Lipinski definition) is 5. The van der Waals surface area contributed by atoms with Gasteiger partial charge in [0.25, 0.3) is 0 Å². The summed E-state index contributed by atoms with van der Waals surface area (Å²) in [5, 5.41) is 0.640. The molecule has 4 heterocycles. The lowest BCUT2D eigenvalue weighted by atomic mass is 10.1. The van der Waals surface area contributed by atoms with Gasteiger partial charge in [0.1, 0.15) is 17.2 Å². The fourth-order valence-electron chi connectivity index (χ4n) is 4.01. The van der Waals surface area contributed by atoms with Gasteiger partial charge < -0.3 is 9.30 Å². The molecule has 5 rings (SSSR count). The van der Waals surface area contributed by atoms with Gasteiger partial charge >= 0.3 is 6.18 Å². The van der Waals surface area contributed by atoms with Crippen molar-refractivity contribution >= 4 is 21.9 Å². The van der Waals surface area contributed by atoms with E-state index < -0.39 is 11.9 Å². The van der Waals surface area contributed by atoms with Crippen LogP contribution in [-0.4, -0.2) is 37.7 Å². The number of alkyl halides is 3. The van der Waals surface area contributed by atoms with Gasteiger partial charge in [0, 0.05) is 37.3 Å². The molecular weight excluding hydrogens is 414 g/mol. The number of benzene rings is 1. The Morgan fingerprint density at radius 1 is 1.00 bits per heavy atom. The molecule has 3 aromatic heterocycles. The third-order valence-corrected chi connectivity index (χ3v) is 5.44. The summed E-state index contributed by atoms with van der Waals surface area (Å²) >= 11 is 0. The van der Waals surface area contributed by atoms with Crippen molar-refractivity contribution in [2.75, 3.05) is 13.2 Å². The van der Waals surface area contributed by atoms with Crippen LogP contribution in [0.15, 0.2) is 36.8 Å². The Bertz CT molecular complexity index is 1250. The molecular formula is C21H17F4N5O. The summed E-state index contributed by atoms with van der Waals surface area (Å²) in [6.45, 7) is 1.17. The van der Waals surface area contributed by atoms with Crippen molar-refractivity contribution in [3.05, 3.63) is 59.8 Å². The fourth-order valence-corrected chi connectivity index (χ4v) is 4.01. The first kappa shape index (κ1) is 19.8. The summed E-state index contributed by atoms with van der Waals surface area (Å²) in [7, 11) is 0. The van der Waals surface area contributed by atoms with Crippen molar-refractivity contribution in [2.45, 2.75) is 31.5 Å². The van der Waals surface area contributed by atoms with Crippen LogP contribution in [0.4, 0.5) is 17.6 Å². The predicted octanol–water partition coefficient (Wildman–Crippen LogP) is 4.47. The molecule has 1 saturated heterocycles. The Balaban J connectivity index is 1.65. The van der Waals surface area contributed by atoms with Crippen molar-refractivity contribution < 1.29 is 22.3 Å². The number of hydrogen-bond donors (Lipinski definition) is 0. The molecule has 4 aromatic rings. The van der Waals surface area contributed by atoms with Crippen LogP contribution < -0.4 is 0 Å². The summed E-state index contributed by atoms with van der Waals surface area (Å²) < 4.78 is 60.0. The van der Waals surface area contributed by atoms with Crippen LogP contribution in [0.5, 0.6) is 0 Å². The Labute approximate surface area is 173 Å². The highest BCUT2D eigenvalue weighted by molar-refractivity contribution is 6.02. The zero-order valence-corrected chi connectivity index (χ0v) is 16.2. The van der Waals surface area contributed by atoms with E-state index in [0.717, 1.165) is 30.8 Å². The van der Waals surface area contributed by atoms with Crippen LogP contribution in [0.25, 0.3) is 21.9 Å². The molecule has 0 bridgehead atoms. The van der Waals surface area contributed by atoms with E-state index in [4.69, 9.17) is 4.74 Å². The second-order valence-corrected chi connectivity index (χ2v) is 7.46. The van der Waals surface area contributed by atoms with E-state index >= 15 is 0 Å². The first-order valence-corrected chi connectivity index (χ1v) is 9.81. The third-order valence-electron chi connectivity index (χ3n) is 5.44. The largest absolute Gasteiger partial charge is 0.434 e. The molecule has 1 aromatic carbocycles. The molecule has 160 valence electrons. The Kier molecular flexibility index (Phi) is 4.81. The lowest BCUT2D eigenvalue weighted by Gasteiger charge is -2.26. The summed E-state index contributed by atoms with van der Waals surface area (Å²) in [4.78, 5) is 16.5. The number of fused-ring (bicyclic) bond motifs is 3. The van der Waals surface area contributed by atoms with Crippen LogP contribution in [0.3, 0.4) is 0 Å². The van der Waals surface area contributed by atoms with E-state index in [-0.39, 0.29) is 18.3 Å². The standard InChI is InChI=1S/C21H17F4N5O/c22-12-1-2-16-15(7-12)20-17(10-27-16)29-19(30(20)14-3-5-31-6-4-14)8-13-9-28-18(11-26-13)21(23,24)25/h1-2,7,9-11,14H,3-6,8H2. The van der Waals surface area contributed by atoms with Crippen molar-refractivity contribution in [2.24, 2.45) is 0 Å². The maximum Gasteiger partial charge on any atom is 0.434 e. The molecule has 0 radical (unpaired) electrons. The van der Waals surface area contributed by atoms with Gasteiger partial charge in [-0.15, -0.1) is 0 Å². The SMILES string of the molecule is Fc1ccc2ncc3nc(Cc4cnc(C(F)(F)F)cn4)n(C4CCOCC4)c3c2c1. The molecule has 0 amide bonds. The number of rotatable bonds is 3. The molecule has 0 unspecified atom stereocenters. The molecule has 0 spiro atoms. The number of aromatic nitrogens is 5. The van der Waals surface area contributed by atoms with Crippen LogP contribution in [-0.2, 0) is 17.3 Å². The molecule has 10 heteroatoms. The highest BCUT2D eigenvalue weighted by Gasteiger charge is 2.33. The molecule has 1 aliphatic rings. The number of nitrogens with zero attached hydrogens (tertiary/aromatic N) is 5. The maximum absolute atomic E-state index is 14.0. The number of imidazole rings is 1. The van der Waals surface area contributed by atoms with E-state index in [2.05, 4.69) is 19.9 Å². The molecule has 31 heavy (non-hydrogen) atoms. The van der Waals surface area contributed by atoms with E-state index in [1.165, 1.54) is 12.1 Å². The summed E-state index contributed by atoms with van der Waals surface area (Å²) in [5.74, 6) is 0.242. The Morgan fingerprint density at radius 3 is 2.52 bits per heavy atom. The average molecular weight is 431 g/mol. The third kappa shape index (κ3) is 3.71. The van der Waals surface area contributed by atoms with E-state index in [0.29, 0.717) is 41.2 Å². The minimum Gasteiger partial charge on any atom is -0.381 e. The summed E-state index contributed by atoms with van der Waals surface area (Å²) in [6, 6.07) is 4.47. The summed E-state index contributed by atoms with van der Waals surface area (Å²) in [6.07, 6.45) is 0.610. The molecule has 0 saturated carbocycles. The first-order chi connectivity index (χ1) is 14.9. The van der Waals surface area contributed by atoms with Crippen LogP contribution in [0.2, 0.25) is 0 Å². The fraction of sp³-hybridized carbons (Fsp3) is 0.333. The Hall–Kier alpha value is -3.14. The molecule has 1 aliphatic heterocycles. The molecule has 0 atom stereocenters. The smallest absolute Gasteiger partial charge is 0.381 e. The lowest BCUT2D eigenvalue weighted by Crippen LogP contribution is -2.21. The van der Waals surface area contributed by atoms with Crippen LogP contribution in [0, 0.1) is 5.82 Å². The van der Waals surface area contributed by atoms with E-state index in [1.54, 1.807) is 12.3 Å². The van der Waals surface area contributed by atoms with E-state index in [1.807, 2.05) is 4.57 Å². The number of halogens is 4. The van der Waals surface area contributed by atoms with Gasteiger partial charge in [-0.05, 0) is 31.0 Å². The van der Waals surface area contributed by atoms with Gasteiger partial charge in [-0.3, -0.25) is 9.97 Å². The lowest BCUT2D eigenvalue weighted by molar-refractivity contribution is -0.141. The second kappa shape index (κ2) is 7.52. The zero-order valence-electron chi connectivity index (χ0n) is 16.2. The van der Waals surface area contributed by atoms with Gasteiger partial charge in [0.15, 0.2) is 5.69 Å². The number of ether oxygens (including phenoxy) is 1. The first-order valence-electron chi connectivity index (χ1n) is 9.81. The quantitative estimate of drug-likeness (QED) is 0.448. The van der Waals surface area contributed by atoms with Crippen molar-refractivity contribution in [1.82, 2.24) is 24.5 Å². The minimum atomic E-state index is -4.55. The van der Waals surface area contributed by atoms with Gasteiger partial charge in [0.05, 0.1) is 29.1 Å². The van der Waals surface area contributed by atoms with Crippen molar-refractivity contribution in [3.63, 3.8) is 0 Å². The average Bonchev–Trinajstić information content (AvgIpc) is 3.12. The second-order valence-electron chi connectivity index (χ2n) is 7.46. The molecule has 6 nitrogen and oxygen atoms in total. The van der Waals surface area contributed by atoms with Crippen molar-refractivity contribution in [1.29, 1.82) is 0 Å². The predicted molar refractivity (Wildman–Crippen MR) is 104 cm³/mol. The molecule has 0 N–H and O–H groups in total. The monoisotopic (exact) mass is 431 g/mol. The topological polar surface area (TPSA) is 65.7 Å². The van der Waals surface area contributed by atoms with Crippen LogP contribution in [0.1, 0.15) is 36.1 Å². The summed E-state index contributed by atoms with van der Waals surface area (Å²) in [5.41, 5.74) is 1.31. The number of pyridine rings is 1. The van der Waals surface area contributed by atoms with Crippen molar-refractivity contribution in [3.8, 4) is 0 Å². The highest BCUT2D eigenvalue weighted by Crippen LogP contribution is 2.33. The highest BCUT2D eigenvalue weighted by atomic mass is 19.4. The molecule has 0 aliphatic carbocycles. The minimum absolute atomic E-state index is 0.0602. The van der Waals surface area contributed by atoms with Gasteiger partial charge in [-0.2, -0.15) is 13.2 Å². The Morgan fingerprint density at radius 2 is 1.81 bits per heavy atom. The van der Waals surface area contributed by atoms with Gasteiger partial charge in [-0.1, -0.05) is 0 Å². The zero-order chi connectivity index (χ0) is 21.6. The van der Waals surface area contributed by atoms with E-state index in [9.17, 15) is 17.6 Å². The molecule has 1 fully saturated rings. The van der Waals surface area contributed by atoms with Gasteiger partial charge in [0.2, 0.25) is 0 Å². The van der Waals surface area contributed by atoms with Gasteiger partial charge in [-0.25, -0.2) is 14.4 Å².